The first kappa shape index (κ1) is 19.6. The minimum atomic E-state index is 0.0974. The molecule has 3 aromatic heterocycles. The van der Waals surface area contributed by atoms with Crippen LogP contribution in [-0.2, 0) is 0 Å². The van der Waals surface area contributed by atoms with Gasteiger partial charge in [0.2, 0.25) is 0 Å². The molecule has 0 aliphatic carbocycles. The first-order valence-electron chi connectivity index (χ1n) is 9.82. The van der Waals surface area contributed by atoms with Gasteiger partial charge in [0, 0.05) is 60.3 Å². The lowest BCUT2D eigenvalue weighted by Gasteiger charge is -2.12. The van der Waals surface area contributed by atoms with E-state index in [2.05, 4.69) is 45.3 Å². The highest BCUT2D eigenvalue weighted by Gasteiger charge is 2.11. The van der Waals surface area contributed by atoms with Crippen LogP contribution in [0.15, 0.2) is 60.1 Å². The molecule has 0 saturated carbocycles. The normalized spacial score (nSPS) is 12.9. The maximum absolute atomic E-state index is 6.32. The third-order valence-electron chi connectivity index (χ3n) is 5.44. The highest BCUT2D eigenvalue weighted by atomic mass is 15.3. The van der Waals surface area contributed by atoms with E-state index in [4.69, 9.17) is 5.73 Å². The number of aromatic nitrogens is 4. The molecule has 0 spiro atoms. The third kappa shape index (κ3) is 3.74. The van der Waals surface area contributed by atoms with Crippen LogP contribution >= 0.6 is 0 Å². The monoisotopic (exact) mass is 399 g/mol. The zero-order valence-electron chi connectivity index (χ0n) is 17.6. The van der Waals surface area contributed by atoms with Crippen LogP contribution < -0.4 is 11.1 Å². The van der Waals surface area contributed by atoms with Crippen LogP contribution in [0.4, 0.5) is 17.3 Å². The predicted octanol–water partition coefficient (Wildman–Crippen LogP) is 4.78. The molecule has 7 nitrogen and oxygen atoms in total. The van der Waals surface area contributed by atoms with Crippen molar-refractivity contribution in [2.24, 2.45) is 4.99 Å². The minimum absolute atomic E-state index is 0.0974. The molecule has 4 rings (SSSR count). The summed E-state index contributed by atoms with van der Waals surface area (Å²) in [7, 11) is 1.79. The molecule has 30 heavy (non-hydrogen) atoms. The fraction of sp³-hybridized carbons (Fsp3) is 0.217. The van der Waals surface area contributed by atoms with Gasteiger partial charge in [-0.15, -0.1) is 0 Å². The van der Waals surface area contributed by atoms with Crippen LogP contribution in [0.5, 0.6) is 0 Å². The van der Waals surface area contributed by atoms with E-state index in [0.29, 0.717) is 11.5 Å². The summed E-state index contributed by atoms with van der Waals surface area (Å²) in [5.41, 5.74) is 11.3. The molecule has 3 N–H and O–H groups in total. The molecule has 0 saturated heterocycles. The van der Waals surface area contributed by atoms with Gasteiger partial charge in [-0.1, -0.05) is 0 Å². The van der Waals surface area contributed by atoms with Crippen LogP contribution in [0.1, 0.15) is 25.5 Å². The Balaban J connectivity index is 1.67. The standard InChI is InChI=1S/C23H25N7/c1-14-5-7-26-12-19(14)17-9-18-11-23(27-13-20(18)21(24)10-17)28-22-6-8-30(29-22)16(3)15(2)25-4/h5-13,16H,24H2,1-4H3,(H,27,28,29)/b25-15+/t16-/m0/s1. The number of anilines is 3. The Bertz CT molecular complexity index is 1240. The van der Waals surface area contributed by atoms with Crippen molar-refractivity contribution in [1.29, 1.82) is 0 Å². The number of benzene rings is 1. The SMILES string of the molecule is C/N=C(\C)[C@H](C)n1ccc(Nc2cc3cc(-c4cnccc4C)cc(N)c3cn2)n1. The smallest absolute Gasteiger partial charge is 0.153 e. The average Bonchev–Trinajstić information content (AvgIpc) is 3.21. The average molecular weight is 400 g/mol. The van der Waals surface area contributed by atoms with Gasteiger partial charge in [-0.3, -0.25) is 14.7 Å². The van der Waals surface area contributed by atoms with Gasteiger partial charge >= 0.3 is 0 Å². The molecule has 0 bridgehead atoms. The maximum atomic E-state index is 6.32. The number of aliphatic imine (C=N–C) groups is 1. The number of nitrogens with one attached hydrogen (secondary N) is 1. The summed E-state index contributed by atoms with van der Waals surface area (Å²) in [5, 5.41) is 9.81. The third-order valence-corrected chi connectivity index (χ3v) is 5.44. The molecule has 0 aliphatic heterocycles. The van der Waals surface area contributed by atoms with Crippen LogP contribution in [0.25, 0.3) is 21.9 Å². The zero-order valence-corrected chi connectivity index (χ0v) is 17.6. The molecule has 1 aromatic carbocycles. The molecule has 152 valence electrons. The van der Waals surface area contributed by atoms with E-state index in [-0.39, 0.29) is 6.04 Å². The van der Waals surface area contributed by atoms with Gasteiger partial charge in [-0.2, -0.15) is 5.10 Å². The minimum Gasteiger partial charge on any atom is -0.398 e. The Labute approximate surface area is 175 Å². The predicted molar refractivity (Wildman–Crippen MR) is 123 cm³/mol. The highest BCUT2D eigenvalue weighted by molar-refractivity contribution is 5.97. The number of rotatable bonds is 5. The fourth-order valence-electron chi connectivity index (χ4n) is 3.41. The van der Waals surface area contributed by atoms with Crippen molar-refractivity contribution in [2.45, 2.75) is 26.8 Å². The number of hydrogen-bond donors (Lipinski definition) is 2. The van der Waals surface area contributed by atoms with E-state index in [9.17, 15) is 0 Å². The molecule has 3 heterocycles. The molecule has 1 atom stereocenters. The van der Waals surface area contributed by atoms with Crippen LogP contribution in [0.2, 0.25) is 0 Å². The number of aryl methyl sites for hydroxylation is 1. The van der Waals surface area contributed by atoms with Crippen molar-refractivity contribution < 1.29 is 0 Å². The summed E-state index contributed by atoms with van der Waals surface area (Å²) in [5.74, 6) is 1.44. The molecule has 0 radical (unpaired) electrons. The molecular formula is C23H25N7. The molecule has 0 aliphatic rings. The summed E-state index contributed by atoms with van der Waals surface area (Å²) in [6, 6.07) is 10.1. The Morgan fingerprint density at radius 2 is 2.00 bits per heavy atom. The summed E-state index contributed by atoms with van der Waals surface area (Å²) >= 11 is 0. The molecule has 7 heteroatoms. The summed E-state index contributed by atoms with van der Waals surface area (Å²) in [6.45, 7) is 6.13. The van der Waals surface area contributed by atoms with E-state index in [1.165, 1.54) is 0 Å². The van der Waals surface area contributed by atoms with Crippen molar-refractivity contribution >= 4 is 33.8 Å². The first-order valence-corrected chi connectivity index (χ1v) is 9.82. The van der Waals surface area contributed by atoms with E-state index in [1.54, 1.807) is 19.4 Å². The number of nitrogens with two attached hydrogens (primary N) is 1. The fourth-order valence-corrected chi connectivity index (χ4v) is 3.41. The molecular weight excluding hydrogens is 374 g/mol. The second-order valence-corrected chi connectivity index (χ2v) is 7.39. The number of pyridine rings is 2. The van der Waals surface area contributed by atoms with Gasteiger partial charge in [0.1, 0.15) is 5.82 Å². The van der Waals surface area contributed by atoms with Gasteiger partial charge in [0.05, 0.1) is 6.04 Å². The lowest BCUT2D eigenvalue weighted by molar-refractivity contribution is 0.608. The van der Waals surface area contributed by atoms with E-state index in [0.717, 1.165) is 39.0 Å². The van der Waals surface area contributed by atoms with E-state index in [1.807, 2.05) is 48.3 Å². The largest absolute Gasteiger partial charge is 0.398 e. The second kappa shape index (κ2) is 7.94. The van der Waals surface area contributed by atoms with Crippen molar-refractivity contribution in [1.82, 2.24) is 19.7 Å². The van der Waals surface area contributed by atoms with Gasteiger partial charge in [0.15, 0.2) is 5.82 Å². The lowest BCUT2D eigenvalue weighted by Crippen LogP contribution is -2.14. The summed E-state index contributed by atoms with van der Waals surface area (Å²) in [4.78, 5) is 13.0. The van der Waals surface area contributed by atoms with Gasteiger partial charge < -0.3 is 11.1 Å². The Morgan fingerprint density at radius 3 is 2.77 bits per heavy atom. The first-order chi connectivity index (χ1) is 14.5. The molecule has 0 unspecified atom stereocenters. The van der Waals surface area contributed by atoms with Crippen LogP contribution in [0.3, 0.4) is 0 Å². The molecule has 4 aromatic rings. The lowest BCUT2D eigenvalue weighted by atomic mass is 9.99. The summed E-state index contributed by atoms with van der Waals surface area (Å²) < 4.78 is 1.88. The number of fused-ring (bicyclic) bond motifs is 1. The quantitative estimate of drug-likeness (QED) is 0.372. The second-order valence-electron chi connectivity index (χ2n) is 7.39. The van der Waals surface area contributed by atoms with Crippen molar-refractivity contribution in [2.75, 3.05) is 18.1 Å². The maximum Gasteiger partial charge on any atom is 0.153 e. The van der Waals surface area contributed by atoms with Crippen molar-refractivity contribution in [3.05, 3.63) is 60.7 Å². The Kier molecular flexibility index (Phi) is 5.18. The zero-order chi connectivity index (χ0) is 21.3. The topological polar surface area (TPSA) is 94.0 Å². The van der Waals surface area contributed by atoms with Crippen LogP contribution in [-0.4, -0.2) is 32.5 Å². The molecule has 0 fully saturated rings. The number of hydrogen-bond acceptors (Lipinski definition) is 6. The number of nitrogen functional groups attached to an aromatic ring is 1. The van der Waals surface area contributed by atoms with E-state index < -0.39 is 0 Å². The van der Waals surface area contributed by atoms with Gasteiger partial charge in [-0.25, -0.2) is 4.98 Å². The van der Waals surface area contributed by atoms with Crippen LogP contribution in [0, 0.1) is 6.92 Å². The highest BCUT2D eigenvalue weighted by Crippen LogP contribution is 2.31. The summed E-state index contributed by atoms with van der Waals surface area (Å²) in [6.07, 6.45) is 7.39. The van der Waals surface area contributed by atoms with E-state index >= 15 is 0 Å². The van der Waals surface area contributed by atoms with Gasteiger partial charge in [0.25, 0.3) is 0 Å². The number of nitrogens with zero attached hydrogens (tertiary/aromatic N) is 5. The Morgan fingerprint density at radius 1 is 1.17 bits per heavy atom. The van der Waals surface area contributed by atoms with Crippen molar-refractivity contribution in [3.8, 4) is 11.1 Å². The van der Waals surface area contributed by atoms with Gasteiger partial charge in [-0.05, 0) is 61.5 Å². The Hall–Kier alpha value is -3.74. The van der Waals surface area contributed by atoms with Crippen molar-refractivity contribution in [3.63, 3.8) is 0 Å². The molecule has 0 amide bonds.